The van der Waals surface area contributed by atoms with E-state index in [2.05, 4.69) is 0 Å². The van der Waals surface area contributed by atoms with Crippen LogP contribution in [0.5, 0.6) is 5.75 Å². The van der Waals surface area contributed by atoms with Crippen molar-refractivity contribution in [3.63, 3.8) is 0 Å². The molecule has 2 aromatic carbocycles. The fourth-order valence-electron chi connectivity index (χ4n) is 2.35. The van der Waals surface area contributed by atoms with Gasteiger partial charge in [-0.25, -0.2) is 0 Å². The molecule has 0 fully saturated rings. The first-order valence-electron chi connectivity index (χ1n) is 6.95. The minimum absolute atomic E-state index is 0.185. The summed E-state index contributed by atoms with van der Waals surface area (Å²) in [6.45, 7) is 2.45. The van der Waals surface area contributed by atoms with Gasteiger partial charge in [-0.2, -0.15) is 0 Å². The number of carbonyl (C=O) groups is 1. The highest BCUT2D eigenvalue weighted by molar-refractivity contribution is 6.30. The molecular formula is C17H15ClN2O2. The number of likely N-dealkylation sites (N-methyl/N-ethyl adjacent to an activating group) is 1. The minimum atomic E-state index is -0.185. The van der Waals surface area contributed by atoms with Gasteiger partial charge in [0.1, 0.15) is 0 Å². The molecule has 2 N–H and O–H groups in total. The fourth-order valence-corrected chi connectivity index (χ4v) is 2.48. The molecule has 0 bridgehead atoms. The number of hydrogen-bond donors (Lipinski definition) is 1. The van der Waals surface area contributed by atoms with Crippen LogP contribution in [0, 0.1) is 0 Å². The van der Waals surface area contributed by atoms with E-state index in [0.717, 1.165) is 5.56 Å². The van der Waals surface area contributed by atoms with Crippen LogP contribution in [-0.4, -0.2) is 12.5 Å². The molecule has 0 spiro atoms. The van der Waals surface area contributed by atoms with Crippen molar-refractivity contribution >= 4 is 35.0 Å². The van der Waals surface area contributed by atoms with E-state index in [4.69, 9.17) is 22.1 Å². The average Bonchev–Trinajstić information content (AvgIpc) is 2.51. The Morgan fingerprint density at radius 3 is 2.64 bits per heavy atom. The maximum atomic E-state index is 12.6. The molecule has 0 aliphatic carbocycles. The van der Waals surface area contributed by atoms with Crippen LogP contribution < -0.4 is 15.4 Å². The van der Waals surface area contributed by atoms with Crippen molar-refractivity contribution in [3.05, 3.63) is 58.8 Å². The zero-order valence-electron chi connectivity index (χ0n) is 12.0. The molecule has 0 unspecified atom stereocenters. The zero-order valence-corrected chi connectivity index (χ0v) is 12.8. The Kier molecular flexibility index (Phi) is 3.77. The Hall–Kier alpha value is -2.46. The number of fused-ring (bicyclic) bond motifs is 1. The molecule has 4 nitrogen and oxygen atoms in total. The predicted molar refractivity (Wildman–Crippen MR) is 88.9 cm³/mol. The molecular weight excluding hydrogens is 300 g/mol. The summed E-state index contributed by atoms with van der Waals surface area (Å²) in [5.41, 5.74) is 7.94. The second-order valence-corrected chi connectivity index (χ2v) is 5.38. The van der Waals surface area contributed by atoms with E-state index in [1.165, 1.54) is 0 Å². The first-order valence-corrected chi connectivity index (χ1v) is 7.33. The van der Waals surface area contributed by atoms with Gasteiger partial charge in [-0.1, -0.05) is 23.7 Å². The third-order valence-corrected chi connectivity index (χ3v) is 3.69. The zero-order chi connectivity index (χ0) is 15.7. The van der Waals surface area contributed by atoms with Gasteiger partial charge >= 0.3 is 0 Å². The summed E-state index contributed by atoms with van der Waals surface area (Å²) in [6, 6.07) is 12.5. The van der Waals surface area contributed by atoms with Crippen LogP contribution in [-0.2, 0) is 4.79 Å². The Labute approximate surface area is 133 Å². The van der Waals surface area contributed by atoms with Crippen molar-refractivity contribution in [2.24, 2.45) is 0 Å². The number of ether oxygens (including phenoxy) is 1. The molecule has 1 heterocycles. The molecule has 3 rings (SSSR count). The molecule has 0 atom stereocenters. The van der Waals surface area contributed by atoms with Crippen molar-refractivity contribution < 1.29 is 9.53 Å². The number of nitrogens with zero attached hydrogens (tertiary/aromatic N) is 1. The summed E-state index contributed by atoms with van der Waals surface area (Å²) in [5.74, 6) is 0.716. The second kappa shape index (κ2) is 5.73. The van der Waals surface area contributed by atoms with Crippen LogP contribution in [0.1, 0.15) is 12.5 Å². The molecule has 22 heavy (non-hydrogen) atoms. The molecule has 0 saturated heterocycles. The molecule has 1 amide bonds. The van der Waals surface area contributed by atoms with Crippen molar-refractivity contribution in [1.82, 2.24) is 0 Å². The number of hydrogen-bond acceptors (Lipinski definition) is 3. The number of nitrogen functional groups attached to an aromatic ring is 1. The van der Waals surface area contributed by atoms with E-state index in [1.807, 2.05) is 19.1 Å². The Bertz CT molecular complexity index is 754. The number of amides is 1. The molecule has 0 saturated carbocycles. The van der Waals surface area contributed by atoms with Crippen LogP contribution in [0.25, 0.3) is 6.08 Å². The summed E-state index contributed by atoms with van der Waals surface area (Å²) in [6.07, 6.45) is 1.71. The maximum absolute atomic E-state index is 12.6. The van der Waals surface area contributed by atoms with Crippen LogP contribution in [0.2, 0.25) is 5.02 Å². The Morgan fingerprint density at radius 2 is 1.95 bits per heavy atom. The van der Waals surface area contributed by atoms with Gasteiger partial charge in [0.2, 0.25) is 0 Å². The van der Waals surface area contributed by atoms with Crippen molar-refractivity contribution in [1.29, 1.82) is 0 Å². The molecule has 112 valence electrons. The molecule has 5 heteroatoms. The third-order valence-electron chi connectivity index (χ3n) is 3.43. The van der Waals surface area contributed by atoms with E-state index in [1.54, 1.807) is 41.3 Å². The Morgan fingerprint density at radius 1 is 1.23 bits per heavy atom. The highest BCUT2D eigenvalue weighted by Crippen LogP contribution is 2.37. The SMILES string of the molecule is CCN1C(=O)/C(=C\c2ccc(Cl)cc2)Oc2ccc(N)cc21. The number of anilines is 2. The van der Waals surface area contributed by atoms with Crippen LogP contribution in [0.3, 0.4) is 0 Å². The van der Waals surface area contributed by atoms with Gasteiger partial charge in [-0.3, -0.25) is 4.79 Å². The summed E-state index contributed by atoms with van der Waals surface area (Å²) in [7, 11) is 0. The Balaban J connectivity index is 2.02. The predicted octanol–water partition coefficient (Wildman–Crippen LogP) is 3.71. The number of halogens is 1. The van der Waals surface area contributed by atoms with E-state index < -0.39 is 0 Å². The molecule has 1 aliphatic rings. The smallest absolute Gasteiger partial charge is 0.294 e. The monoisotopic (exact) mass is 314 g/mol. The highest BCUT2D eigenvalue weighted by atomic mass is 35.5. The minimum Gasteiger partial charge on any atom is -0.449 e. The summed E-state index contributed by atoms with van der Waals surface area (Å²) in [4.78, 5) is 14.2. The average molecular weight is 315 g/mol. The van der Waals surface area contributed by atoms with Crippen molar-refractivity contribution in [2.75, 3.05) is 17.2 Å². The van der Waals surface area contributed by atoms with E-state index >= 15 is 0 Å². The summed E-state index contributed by atoms with van der Waals surface area (Å²) < 4.78 is 5.75. The first kappa shape index (κ1) is 14.5. The number of carbonyl (C=O) groups excluding carboxylic acids is 1. The molecule has 0 aromatic heterocycles. The lowest BCUT2D eigenvalue weighted by atomic mass is 10.1. The van der Waals surface area contributed by atoms with Gasteiger partial charge in [0, 0.05) is 17.3 Å². The summed E-state index contributed by atoms with van der Waals surface area (Å²) in [5, 5.41) is 0.647. The van der Waals surface area contributed by atoms with Gasteiger partial charge in [-0.15, -0.1) is 0 Å². The number of rotatable bonds is 2. The largest absolute Gasteiger partial charge is 0.449 e. The standard InChI is InChI=1S/C17H15ClN2O2/c1-2-20-14-10-13(19)7-8-15(14)22-16(17(20)21)9-11-3-5-12(18)6-4-11/h3-10H,2,19H2,1H3/b16-9+. The highest BCUT2D eigenvalue weighted by Gasteiger charge is 2.29. The van der Waals surface area contributed by atoms with Crippen LogP contribution >= 0.6 is 11.6 Å². The number of nitrogens with two attached hydrogens (primary N) is 1. The van der Waals surface area contributed by atoms with E-state index in [0.29, 0.717) is 28.7 Å². The van der Waals surface area contributed by atoms with Gasteiger partial charge in [0.05, 0.1) is 5.69 Å². The quantitative estimate of drug-likeness (QED) is 0.679. The van der Waals surface area contributed by atoms with Crippen molar-refractivity contribution in [3.8, 4) is 5.75 Å². The van der Waals surface area contributed by atoms with Crippen molar-refractivity contribution in [2.45, 2.75) is 6.92 Å². The van der Waals surface area contributed by atoms with E-state index in [-0.39, 0.29) is 11.7 Å². The lowest BCUT2D eigenvalue weighted by Crippen LogP contribution is -2.37. The third kappa shape index (κ3) is 2.65. The van der Waals surface area contributed by atoms with Gasteiger partial charge in [-0.05, 0) is 48.9 Å². The van der Waals surface area contributed by atoms with Crippen LogP contribution in [0.15, 0.2) is 48.2 Å². The van der Waals surface area contributed by atoms with Crippen LogP contribution in [0.4, 0.5) is 11.4 Å². The summed E-state index contributed by atoms with van der Waals surface area (Å²) >= 11 is 5.87. The topological polar surface area (TPSA) is 55.6 Å². The normalized spacial score (nSPS) is 15.6. The lowest BCUT2D eigenvalue weighted by molar-refractivity contribution is -0.117. The lowest BCUT2D eigenvalue weighted by Gasteiger charge is -2.29. The first-order chi connectivity index (χ1) is 10.6. The van der Waals surface area contributed by atoms with Gasteiger partial charge in [0.25, 0.3) is 5.91 Å². The second-order valence-electron chi connectivity index (χ2n) is 4.94. The molecule has 0 radical (unpaired) electrons. The maximum Gasteiger partial charge on any atom is 0.294 e. The fraction of sp³-hybridized carbons (Fsp3) is 0.118. The van der Waals surface area contributed by atoms with Gasteiger partial charge < -0.3 is 15.4 Å². The number of benzene rings is 2. The molecule has 2 aromatic rings. The molecule has 1 aliphatic heterocycles. The van der Waals surface area contributed by atoms with Gasteiger partial charge in [0.15, 0.2) is 11.5 Å². The van der Waals surface area contributed by atoms with E-state index in [9.17, 15) is 4.79 Å².